The predicted octanol–water partition coefficient (Wildman–Crippen LogP) is 0.412. The van der Waals surface area contributed by atoms with Gasteiger partial charge in [-0.3, -0.25) is 14.2 Å². The first-order valence-corrected chi connectivity index (χ1v) is 7.04. The van der Waals surface area contributed by atoms with Crippen LogP contribution in [0.1, 0.15) is 18.1 Å². The van der Waals surface area contributed by atoms with Gasteiger partial charge in [0.15, 0.2) is 0 Å². The molecule has 24 heavy (non-hydrogen) atoms. The van der Waals surface area contributed by atoms with Crippen molar-refractivity contribution in [3.05, 3.63) is 62.4 Å². The number of nitrogens with zero attached hydrogens (tertiary/aromatic N) is 4. The fourth-order valence-electron chi connectivity index (χ4n) is 2.11. The second-order valence-electron chi connectivity index (χ2n) is 4.86. The van der Waals surface area contributed by atoms with Gasteiger partial charge in [0, 0.05) is 18.4 Å². The third-order valence-corrected chi connectivity index (χ3v) is 3.28. The van der Waals surface area contributed by atoms with Crippen LogP contribution in [0, 0.1) is 22.7 Å². The largest absolute Gasteiger partial charge is 0.331 e. The Morgan fingerprint density at radius 1 is 1.25 bits per heavy atom. The zero-order valence-corrected chi connectivity index (χ0v) is 12.8. The highest BCUT2D eigenvalue weighted by Crippen LogP contribution is 2.09. The summed E-state index contributed by atoms with van der Waals surface area (Å²) >= 11 is 0. The number of carbonyl (C=O) groups is 1. The lowest BCUT2D eigenvalue weighted by Gasteiger charge is -2.10. The molecule has 120 valence electrons. The fourth-order valence-corrected chi connectivity index (χ4v) is 2.11. The molecule has 0 aliphatic heterocycles. The summed E-state index contributed by atoms with van der Waals surface area (Å²) in [7, 11) is 0. The Kier molecular flexibility index (Phi) is 4.93. The molecule has 0 bridgehead atoms. The molecule has 1 heterocycles. The van der Waals surface area contributed by atoms with Crippen molar-refractivity contribution >= 4 is 11.6 Å². The molecule has 2 rings (SSSR count). The maximum Gasteiger partial charge on any atom is 0.331 e. The zero-order chi connectivity index (χ0) is 17.7. The van der Waals surface area contributed by atoms with Gasteiger partial charge in [-0.1, -0.05) is 6.07 Å². The fraction of sp³-hybridized carbons (Fsp3) is 0.188. The number of anilines is 1. The number of rotatable bonds is 4. The van der Waals surface area contributed by atoms with Crippen molar-refractivity contribution < 1.29 is 4.79 Å². The molecule has 1 aromatic carbocycles. The summed E-state index contributed by atoms with van der Waals surface area (Å²) < 4.78 is 1.90. The molecule has 0 fully saturated rings. The molecule has 0 atom stereocenters. The molecule has 8 heteroatoms. The Morgan fingerprint density at radius 2 is 2.00 bits per heavy atom. The molecule has 0 radical (unpaired) electrons. The average Bonchev–Trinajstić information content (AvgIpc) is 2.59. The minimum absolute atomic E-state index is 0.212. The quantitative estimate of drug-likeness (QED) is 0.873. The minimum Gasteiger partial charge on any atom is -0.324 e. The maximum atomic E-state index is 12.2. The lowest BCUT2D eigenvalue weighted by atomic mass is 10.2. The van der Waals surface area contributed by atoms with Gasteiger partial charge in [-0.2, -0.15) is 10.5 Å². The van der Waals surface area contributed by atoms with Gasteiger partial charge < -0.3 is 5.32 Å². The number of nitrogens with one attached hydrogen (secondary N) is 1. The van der Waals surface area contributed by atoms with Crippen LogP contribution in [0.3, 0.4) is 0 Å². The first-order valence-electron chi connectivity index (χ1n) is 7.04. The monoisotopic (exact) mass is 323 g/mol. The van der Waals surface area contributed by atoms with Crippen molar-refractivity contribution in [1.82, 2.24) is 9.13 Å². The summed E-state index contributed by atoms with van der Waals surface area (Å²) in [5.74, 6) is -0.609. The Bertz CT molecular complexity index is 988. The van der Waals surface area contributed by atoms with Gasteiger partial charge in [0.1, 0.15) is 18.2 Å². The van der Waals surface area contributed by atoms with Gasteiger partial charge in [0.2, 0.25) is 5.91 Å². The van der Waals surface area contributed by atoms with Gasteiger partial charge in [-0.15, -0.1) is 0 Å². The summed E-state index contributed by atoms with van der Waals surface area (Å²) in [5, 5.41) is 20.3. The van der Waals surface area contributed by atoms with Crippen molar-refractivity contribution in [3.63, 3.8) is 0 Å². The molecule has 0 saturated heterocycles. The van der Waals surface area contributed by atoms with E-state index >= 15 is 0 Å². The third kappa shape index (κ3) is 3.39. The smallest absolute Gasteiger partial charge is 0.324 e. The Labute approximate surface area is 136 Å². The SMILES string of the molecule is CCn1cc(C#N)c(=O)n(CC(=O)Nc2cccc(C#N)c2)c1=O. The molecule has 0 aliphatic carbocycles. The highest BCUT2D eigenvalue weighted by atomic mass is 16.2. The van der Waals surface area contributed by atoms with Crippen LogP contribution < -0.4 is 16.6 Å². The molecule has 0 aliphatic rings. The number of benzene rings is 1. The molecular formula is C16H13N5O3. The molecule has 1 N–H and O–H groups in total. The number of nitriles is 2. The van der Waals surface area contributed by atoms with Crippen molar-refractivity contribution in [2.45, 2.75) is 20.0 Å². The van der Waals surface area contributed by atoms with E-state index in [2.05, 4.69) is 5.32 Å². The van der Waals surface area contributed by atoms with Crippen molar-refractivity contribution in [2.75, 3.05) is 5.32 Å². The summed E-state index contributed by atoms with van der Waals surface area (Å²) in [6.07, 6.45) is 1.18. The molecule has 1 amide bonds. The summed E-state index contributed by atoms with van der Waals surface area (Å²) in [5.41, 5.74) is -0.949. The number of amides is 1. The topological polar surface area (TPSA) is 121 Å². The minimum atomic E-state index is -0.812. The lowest BCUT2D eigenvalue weighted by molar-refractivity contribution is -0.116. The Balaban J connectivity index is 2.32. The number of aromatic nitrogens is 2. The van der Waals surface area contributed by atoms with Crippen LogP contribution in [0.15, 0.2) is 40.1 Å². The normalized spacial score (nSPS) is 9.79. The summed E-state index contributed by atoms with van der Waals surface area (Å²) in [6.45, 7) is 1.43. The van der Waals surface area contributed by atoms with Crippen LogP contribution in [-0.4, -0.2) is 15.0 Å². The lowest BCUT2D eigenvalue weighted by Crippen LogP contribution is -2.43. The third-order valence-electron chi connectivity index (χ3n) is 3.28. The van der Waals surface area contributed by atoms with Crippen LogP contribution in [0.5, 0.6) is 0 Å². The second-order valence-corrected chi connectivity index (χ2v) is 4.86. The van der Waals surface area contributed by atoms with Crippen LogP contribution in [0.25, 0.3) is 0 Å². The molecule has 1 aromatic heterocycles. The summed E-state index contributed by atoms with van der Waals surface area (Å²) in [6, 6.07) is 9.89. The van der Waals surface area contributed by atoms with E-state index in [1.165, 1.54) is 16.8 Å². The zero-order valence-electron chi connectivity index (χ0n) is 12.8. The first kappa shape index (κ1) is 16.7. The van der Waals surface area contributed by atoms with E-state index in [1.54, 1.807) is 31.2 Å². The van der Waals surface area contributed by atoms with Gasteiger partial charge in [0.05, 0.1) is 11.6 Å². The molecular weight excluding hydrogens is 310 g/mol. The standard InChI is InChI=1S/C16H13N5O3/c1-2-20-9-12(8-18)15(23)21(16(20)24)10-14(22)19-13-5-3-4-11(6-13)7-17/h3-6,9H,2,10H2,1H3,(H,19,22). The second kappa shape index (κ2) is 7.07. The van der Waals surface area contributed by atoms with Gasteiger partial charge in [-0.25, -0.2) is 9.36 Å². The molecule has 2 aromatic rings. The van der Waals surface area contributed by atoms with E-state index in [-0.39, 0.29) is 12.1 Å². The van der Waals surface area contributed by atoms with E-state index in [0.717, 1.165) is 0 Å². The average molecular weight is 323 g/mol. The van der Waals surface area contributed by atoms with E-state index in [1.807, 2.05) is 6.07 Å². The van der Waals surface area contributed by atoms with Gasteiger partial charge >= 0.3 is 5.69 Å². The highest BCUT2D eigenvalue weighted by molar-refractivity contribution is 5.90. The highest BCUT2D eigenvalue weighted by Gasteiger charge is 2.14. The maximum absolute atomic E-state index is 12.2. The Morgan fingerprint density at radius 3 is 2.62 bits per heavy atom. The number of carbonyl (C=O) groups excluding carboxylic acids is 1. The van der Waals surface area contributed by atoms with Crippen LogP contribution in [-0.2, 0) is 17.9 Å². The van der Waals surface area contributed by atoms with E-state index in [0.29, 0.717) is 15.8 Å². The Hall–Kier alpha value is -3.65. The molecule has 0 saturated carbocycles. The van der Waals surface area contributed by atoms with Crippen molar-refractivity contribution in [3.8, 4) is 12.1 Å². The molecule has 0 unspecified atom stereocenters. The number of hydrogen-bond acceptors (Lipinski definition) is 5. The van der Waals surface area contributed by atoms with Crippen LogP contribution in [0.4, 0.5) is 5.69 Å². The van der Waals surface area contributed by atoms with Crippen molar-refractivity contribution in [1.29, 1.82) is 10.5 Å². The first-order chi connectivity index (χ1) is 11.5. The molecule has 8 nitrogen and oxygen atoms in total. The molecule has 0 spiro atoms. The van der Waals surface area contributed by atoms with Gasteiger partial charge in [-0.05, 0) is 25.1 Å². The van der Waals surface area contributed by atoms with E-state index < -0.39 is 23.7 Å². The predicted molar refractivity (Wildman–Crippen MR) is 85.1 cm³/mol. The summed E-state index contributed by atoms with van der Waals surface area (Å²) in [4.78, 5) is 36.4. The van der Waals surface area contributed by atoms with E-state index in [4.69, 9.17) is 10.5 Å². The number of aryl methyl sites for hydroxylation is 1. The van der Waals surface area contributed by atoms with Crippen LogP contribution >= 0.6 is 0 Å². The van der Waals surface area contributed by atoms with Crippen LogP contribution in [0.2, 0.25) is 0 Å². The van der Waals surface area contributed by atoms with E-state index in [9.17, 15) is 14.4 Å². The number of hydrogen-bond donors (Lipinski definition) is 1. The van der Waals surface area contributed by atoms with Gasteiger partial charge in [0.25, 0.3) is 5.56 Å². The van der Waals surface area contributed by atoms with Crippen molar-refractivity contribution in [2.24, 2.45) is 0 Å².